The van der Waals surface area contributed by atoms with E-state index in [4.69, 9.17) is 4.74 Å². The summed E-state index contributed by atoms with van der Waals surface area (Å²) >= 11 is 0. The minimum Gasteiger partial charge on any atom is -0.390 e. The second kappa shape index (κ2) is 7.44. The van der Waals surface area contributed by atoms with Crippen LogP contribution in [0.5, 0.6) is 0 Å². The van der Waals surface area contributed by atoms with Crippen LogP contribution < -0.4 is 4.90 Å². The Morgan fingerprint density at radius 3 is 2.63 bits per heavy atom. The van der Waals surface area contributed by atoms with E-state index >= 15 is 0 Å². The number of hydrogen-bond donors (Lipinski definition) is 1. The summed E-state index contributed by atoms with van der Waals surface area (Å²) < 4.78 is 45.8. The van der Waals surface area contributed by atoms with Crippen molar-refractivity contribution in [3.8, 4) is 0 Å². The van der Waals surface area contributed by atoms with Gasteiger partial charge in [-0.25, -0.2) is 12.8 Å². The largest absolute Gasteiger partial charge is 0.390 e. The molecule has 6 nitrogen and oxygen atoms in total. The van der Waals surface area contributed by atoms with E-state index in [2.05, 4.69) is 0 Å². The van der Waals surface area contributed by atoms with Crippen LogP contribution in [0.25, 0.3) is 0 Å². The Bertz CT molecular complexity index is 1100. The molecule has 1 saturated heterocycles. The third-order valence-corrected chi connectivity index (χ3v) is 7.79. The van der Waals surface area contributed by atoms with Crippen LogP contribution in [0.1, 0.15) is 30.9 Å². The molecule has 2 heterocycles. The summed E-state index contributed by atoms with van der Waals surface area (Å²) in [5.74, 6) is 0.00393. The summed E-state index contributed by atoms with van der Waals surface area (Å²) in [6.45, 7) is 1.48. The molecule has 160 valence electrons. The number of fused-ring (bicyclic) bond motifs is 1. The van der Waals surface area contributed by atoms with Gasteiger partial charge in [0.15, 0.2) is 0 Å². The summed E-state index contributed by atoms with van der Waals surface area (Å²) in [5, 5.41) is 9.93. The van der Waals surface area contributed by atoms with Crippen molar-refractivity contribution in [2.45, 2.75) is 53.9 Å². The molecule has 30 heavy (non-hydrogen) atoms. The van der Waals surface area contributed by atoms with Crippen molar-refractivity contribution in [3.63, 3.8) is 0 Å². The highest BCUT2D eigenvalue weighted by Crippen LogP contribution is 2.37. The molecule has 0 bridgehead atoms. The van der Waals surface area contributed by atoms with E-state index in [1.54, 1.807) is 43.1 Å². The zero-order chi connectivity index (χ0) is 21.7. The number of carbonyl (C=O) groups is 1. The number of aliphatic hydroxyl groups excluding tert-OH is 1. The molecule has 4 rings (SSSR count). The van der Waals surface area contributed by atoms with Crippen LogP contribution in [0.3, 0.4) is 0 Å². The van der Waals surface area contributed by atoms with Gasteiger partial charge in [0.1, 0.15) is 6.17 Å². The Balaban J connectivity index is 1.69. The monoisotopic (exact) mass is 433 g/mol. The van der Waals surface area contributed by atoms with E-state index in [0.717, 1.165) is 11.3 Å². The van der Waals surface area contributed by atoms with Crippen LogP contribution >= 0.6 is 0 Å². The van der Waals surface area contributed by atoms with E-state index in [1.165, 1.54) is 18.2 Å². The van der Waals surface area contributed by atoms with Gasteiger partial charge in [-0.15, -0.1) is 0 Å². The van der Waals surface area contributed by atoms with Gasteiger partial charge in [0.05, 0.1) is 28.1 Å². The predicted octanol–water partition coefficient (Wildman–Crippen LogP) is 2.76. The molecule has 0 aromatic heterocycles. The van der Waals surface area contributed by atoms with Gasteiger partial charge in [0.2, 0.25) is 15.7 Å². The Morgan fingerprint density at radius 1 is 1.17 bits per heavy atom. The smallest absolute Gasteiger partial charge is 0.227 e. The molecule has 2 aliphatic rings. The number of nitrogens with zero attached hydrogens (tertiary/aromatic N) is 1. The number of halogens is 1. The fraction of sp³-hybridized carbons (Fsp3) is 0.409. The molecule has 2 aromatic carbocycles. The molecule has 0 spiro atoms. The van der Waals surface area contributed by atoms with Crippen LogP contribution in [0, 0.1) is 0 Å². The van der Waals surface area contributed by atoms with E-state index in [-0.39, 0.29) is 28.7 Å². The number of anilines is 1. The average molecular weight is 434 g/mol. The fourth-order valence-corrected chi connectivity index (χ4v) is 5.45. The lowest BCUT2D eigenvalue weighted by atomic mass is 9.86. The highest BCUT2D eigenvalue weighted by atomic mass is 32.2. The highest BCUT2D eigenvalue weighted by molar-refractivity contribution is 7.91. The summed E-state index contributed by atoms with van der Waals surface area (Å²) in [6, 6.07) is 11.2. The van der Waals surface area contributed by atoms with Crippen molar-refractivity contribution in [1.82, 2.24) is 0 Å². The molecular weight excluding hydrogens is 409 g/mol. The van der Waals surface area contributed by atoms with Crippen LogP contribution in [-0.4, -0.2) is 45.4 Å². The first-order valence-electron chi connectivity index (χ1n) is 9.83. The molecule has 3 unspecified atom stereocenters. The van der Waals surface area contributed by atoms with Gasteiger partial charge >= 0.3 is 0 Å². The molecule has 0 aliphatic carbocycles. The van der Waals surface area contributed by atoms with Gasteiger partial charge in [-0.1, -0.05) is 12.1 Å². The number of benzene rings is 2. The first kappa shape index (κ1) is 21.0. The first-order valence-corrected chi connectivity index (χ1v) is 11.3. The summed E-state index contributed by atoms with van der Waals surface area (Å²) in [4.78, 5) is 13.7. The van der Waals surface area contributed by atoms with E-state index in [0.29, 0.717) is 18.4 Å². The highest BCUT2D eigenvalue weighted by Gasteiger charge is 2.40. The molecule has 2 aliphatic heterocycles. The second-order valence-electron chi connectivity index (χ2n) is 8.10. The lowest BCUT2D eigenvalue weighted by molar-refractivity contribution is -0.148. The second-order valence-corrected chi connectivity index (χ2v) is 10.1. The minimum absolute atomic E-state index is 0.00393. The van der Waals surface area contributed by atoms with E-state index in [9.17, 15) is 22.7 Å². The minimum atomic E-state index is -3.81. The Morgan fingerprint density at radius 2 is 1.90 bits per heavy atom. The number of amides is 1. The molecule has 1 amide bonds. The Hall–Kier alpha value is -2.29. The number of rotatable bonds is 3. The molecule has 1 fully saturated rings. The van der Waals surface area contributed by atoms with E-state index in [1.807, 2.05) is 0 Å². The number of ether oxygens (including phenoxy) is 1. The van der Waals surface area contributed by atoms with Crippen LogP contribution in [0.15, 0.2) is 52.3 Å². The molecule has 1 N–H and O–H groups in total. The number of aryl methyl sites for hydroxylation is 1. The normalized spacial score (nSPS) is 27.1. The predicted molar refractivity (Wildman–Crippen MR) is 109 cm³/mol. The Labute approximate surface area is 175 Å². The summed E-state index contributed by atoms with van der Waals surface area (Å²) in [7, 11) is -2.13. The number of aliphatic hydroxyl groups is 1. The Kier molecular flexibility index (Phi) is 5.20. The van der Waals surface area contributed by atoms with Gasteiger partial charge in [-0.2, -0.15) is 0 Å². The fourth-order valence-electron chi connectivity index (χ4n) is 4.09. The number of hydrogen-bond acceptors (Lipinski definition) is 5. The van der Waals surface area contributed by atoms with Crippen LogP contribution in [0.2, 0.25) is 0 Å². The van der Waals surface area contributed by atoms with Crippen molar-refractivity contribution in [2.75, 3.05) is 18.6 Å². The van der Waals surface area contributed by atoms with Gasteiger partial charge < -0.3 is 14.7 Å². The average Bonchev–Trinajstić information content (AvgIpc) is 2.73. The zero-order valence-corrected chi connectivity index (χ0v) is 17.7. The maximum atomic E-state index is 13.6. The summed E-state index contributed by atoms with van der Waals surface area (Å²) in [5.41, 5.74) is 1.12. The number of alkyl halides is 1. The standard InChI is InChI=1S/C22H24FNO5S/c1-22(12-20(25)18(23)13-29-22)15-4-3-5-16(11-15)30(27,28)17-7-8-19-14(10-17)6-9-21(26)24(19)2/h3-5,7-8,10-11,18,20,25H,6,9,12-13H2,1-2H3. The van der Waals surface area contributed by atoms with Crippen molar-refractivity contribution in [1.29, 1.82) is 0 Å². The SMILES string of the molecule is CN1C(=O)CCc2cc(S(=O)(=O)c3cccc(C4(C)CC(O)C(F)CO4)c3)ccc21. The molecule has 8 heteroatoms. The molecular formula is C22H24FNO5S. The van der Waals surface area contributed by atoms with Crippen molar-refractivity contribution < 1.29 is 27.4 Å². The molecule has 3 atom stereocenters. The van der Waals surface area contributed by atoms with E-state index < -0.39 is 27.7 Å². The molecule has 0 saturated carbocycles. The van der Waals surface area contributed by atoms with Crippen LogP contribution in [0.4, 0.5) is 10.1 Å². The lowest BCUT2D eigenvalue weighted by Gasteiger charge is -2.38. The maximum absolute atomic E-state index is 13.6. The quantitative estimate of drug-likeness (QED) is 0.805. The van der Waals surface area contributed by atoms with Gasteiger partial charge in [-0.05, 0) is 54.8 Å². The topological polar surface area (TPSA) is 83.9 Å². The molecule has 0 radical (unpaired) electrons. The van der Waals surface area contributed by atoms with Crippen molar-refractivity contribution in [3.05, 3.63) is 53.6 Å². The van der Waals surface area contributed by atoms with Gasteiger partial charge in [-0.3, -0.25) is 4.79 Å². The van der Waals surface area contributed by atoms with Crippen molar-refractivity contribution >= 4 is 21.4 Å². The van der Waals surface area contributed by atoms with Gasteiger partial charge in [0.25, 0.3) is 0 Å². The first-order chi connectivity index (χ1) is 14.1. The number of sulfone groups is 1. The lowest BCUT2D eigenvalue weighted by Crippen LogP contribution is -2.44. The third kappa shape index (κ3) is 3.53. The summed E-state index contributed by atoms with van der Waals surface area (Å²) in [6.07, 6.45) is -1.74. The van der Waals surface area contributed by atoms with Crippen molar-refractivity contribution in [2.24, 2.45) is 0 Å². The molecule has 2 aromatic rings. The van der Waals surface area contributed by atoms with Gasteiger partial charge in [0, 0.05) is 25.6 Å². The number of carbonyl (C=O) groups excluding carboxylic acids is 1. The zero-order valence-electron chi connectivity index (χ0n) is 16.8. The van der Waals surface area contributed by atoms with Crippen LogP contribution in [-0.2, 0) is 31.4 Å². The maximum Gasteiger partial charge on any atom is 0.227 e. The third-order valence-electron chi connectivity index (χ3n) is 6.04.